The average molecular weight is 250 g/mol. The Kier molecular flexibility index (Phi) is 3.88. The first-order valence-electron chi connectivity index (χ1n) is 5.92. The van der Waals surface area contributed by atoms with E-state index in [1.807, 2.05) is 12.1 Å². The lowest BCUT2D eigenvalue weighted by Gasteiger charge is -2.36. The summed E-state index contributed by atoms with van der Waals surface area (Å²) in [5, 5.41) is 9.70. The fourth-order valence-electron chi connectivity index (χ4n) is 2.19. The normalized spacial score (nSPS) is 16.9. The molecule has 0 N–H and O–H groups in total. The number of halogens is 1. The maximum Gasteiger partial charge on any atom is 0.103 e. The average Bonchev–Trinajstić information content (AvgIpc) is 2.38. The van der Waals surface area contributed by atoms with E-state index in [0.717, 1.165) is 38.4 Å². The number of nitriles is 1. The maximum absolute atomic E-state index is 9.16. The van der Waals surface area contributed by atoms with E-state index in [1.54, 1.807) is 6.07 Å². The van der Waals surface area contributed by atoms with Crippen LogP contribution >= 0.6 is 11.6 Å². The molecule has 0 amide bonds. The first-order valence-corrected chi connectivity index (χ1v) is 6.30. The third-order valence-corrected chi connectivity index (χ3v) is 3.58. The van der Waals surface area contributed by atoms with Gasteiger partial charge in [0.1, 0.15) is 6.07 Å². The van der Waals surface area contributed by atoms with E-state index in [0.29, 0.717) is 10.6 Å². The molecule has 0 bridgehead atoms. The summed E-state index contributed by atoms with van der Waals surface area (Å²) in [5.74, 6) is 0. The molecule has 0 aliphatic carbocycles. The van der Waals surface area contributed by atoms with Crippen molar-refractivity contribution in [2.24, 2.45) is 0 Å². The Morgan fingerprint density at radius 1 is 1.29 bits per heavy atom. The van der Waals surface area contributed by atoms with Crippen LogP contribution in [0.1, 0.15) is 12.5 Å². The minimum absolute atomic E-state index is 0.544. The minimum Gasteiger partial charge on any atom is -0.368 e. The summed E-state index contributed by atoms with van der Waals surface area (Å²) in [4.78, 5) is 4.66. The summed E-state index contributed by atoms with van der Waals surface area (Å²) in [6.45, 7) is 7.29. The van der Waals surface area contributed by atoms with E-state index in [9.17, 15) is 0 Å². The molecule has 0 spiro atoms. The molecule has 1 aliphatic rings. The molecule has 0 aromatic heterocycles. The van der Waals surface area contributed by atoms with Crippen LogP contribution in [0.5, 0.6) is 0 Å². The summed E-state index contributed by atoms with van der Waals surface area (Å²) in [5.41, 5.74) is 1.56. The van der Waals surface area contributed by atoms with Gasteiger partial charge in [-0.3, -0.25) is 0 Å². The van der Waals surface area contributed by atoms with Crippen molar-refractivity contribution in [3.05, 3.63) is 28.8 Å². The largest absolute Gasteiger partial charge is 0.368 e. The highest BCUT2D eigenvalue weighted by molar-refractivity contribution is 6.32. The maximum atomic E-state index is 9.16. The third kappa shape index (κ3) is 2.54. The van der Waals surface area contributed by atoms with Crippen LogP contribution in [0, 0.1) is 11.3 Å². The molecule has 90 valence electrons. The Morgan fingerprint density at radius 2 is 2.00 bits per heavy atom. The number of benzene rings is 1. The number of hydrogen-bond acceptors (Lipinski definition) is 3. The SMILES string of the molecule is CCN1CCN(c2cccc(Cl)c2C#N)CC1. The van der Waals surface area contributed by atoms with E-state index in [1.165, 1.54) is 0 Å². The van der Waals surface area contributed by atoms with Crippen LogP contribution in [0.3, 0.4) is 0 Å². The second-order valence-corrected chi connectivity index (χ2v) is 4.57. The van der Waals surface area contributed by atoms with Gasteiger partial charge in [0.15, 0.2) is 0 Å². The van der Waals surface area contributed by atoms with Crippen LogP contribution in [0.25, 0.3) is 0 Å². The Bertz CT molecular complexity index is 431. The summed E-state index contributed by atoms with van der Waals surface area (Å²) in [7, 11) is 0. The van der Waals surface area contributed by atoms with Crippen LogP contribution < -0.4 is 4.90 Å². The molecule has 17 heavy (non-hydrogen) atoms. The van der Waals surface area contributed by atoms with Gasteiger partial charge in [-0.2, -0.15) is 5.26 Å². The lowest BCUT2D eigenvalue weighted by Crippen LogP contribution is -2.46. The van der Waals surface area contributed by atoms with E-state index in [2.05, 4.69) is 22.8 Å². The van der Waals surface area contributed by atoms with Gasteiger partial charge in [0.25, 0.3) is 0 Å². The van der Waals surface area contributed by atoms with Crippen molar-refractivity contribution in [2.75, 3.05) is 37.6 Å². The first kappa shape index (κ1) is 12.2. The predicted molar refractivity (Wildman–Crippen MR) is 70.5 cm³/mol. The highest BCUT2D eigenvalue weighted by Crippen LogP contribution is 2.27. The van der Waals surface area contributed by atoms with Gasteiger partial charge < -0.3 is 9.80 Å². The summed E-state index contributed by atoms with van der Waals surface area (Å²) < 4.78 is 0. The summed E-state index contributed by atoms with van der Waals surface area (Å²) in [6, 6.07) is 7.85. The number of piperazine rings is 1. The molecule has 4 heteroatoms. The predicted octanol–water partition coefficient (Wildman–Crippen LogP) is 2.35. The van der Waals surface area contributed by atoms with Crippen molar-refractivity contribution in [2.45, 2.75) is 6.92 Å². The van der Waals surface area contributed by atoms with Crippen molar-refractivity contribution in [3.8, 4) is 6.07 Å². The molecule has 0 unspecified atom stereocenters. The fourth-order valence-corrected chi connectivity index (χ4v) is 2.40. The van der Waals surface area contributed by atoms with Gasteiger partial charge in [-0.05, 0) is 18.7 Å². The van der Waals surface area contributed by atoms with Crippen LogP contribution in [-0.4, -0.2) is 37.6 Å². The van der Waals surface area contributed by atoms with E-state index < -0.39 is 0 Å². The summed E-state index contributed by atoms with van der Waals surface area (Å²) in [6.07, 6.45) is 0. The van der Waals surface area contributed by atoms with Crippen LogP contribution in [0.4, 0.5) is 5.69 Å². The monoisotopic (exact) mass is 249 g/mol. The van der Waals surface area contributed by atoms with Crippen molar-refractivity contribution in [1.82, 2.24) is 4.90 Å². The zero-order valence-electron chi connectivity index (χ0n) is 9.99. The van der Waals surface area contributed by atoms with Crippen molar-refractivity contribution >= 4 is 17.3 Å². The highest BCUT2D eigenvalue weighted by Gasteiger charge is 2.19. The Labute approximate surface area is 107 Å². The van der Waals surface area contributed by atoms with Crippen LogP contribution in [0.15, 0.2) is 18.2 Å². The molecule has 1 fully saturated rings. The Morgan fingerprint density at radius 3 is 2.59 bits per heavy atom. The lowest BCUT2D eigenvalue weighted by molar-refractivity contribution is 0.271. The van der Waals surface area contributed by atoms with Gasteiger partial charge in [-0.1, -0.05) is 24.6 Å². The van der Waals surface area contributed by atoms with E-state index in [4.69, 9.17) is 16.9 Å². The molecule has 1 aliphatic heterocycles. The second-order valence-electron chi connectivity index (χ2n) is 4.17. The number of hydrogen-bond donors (Lipinski definition) is 0. The zero-order valence-corrected chi connectivity index (χ0v) is 10.7. The number of likely N-dealkylation sites (N-methyl/N-ethyl adjacent to an activating group) is 1. The standard InChI is InChI=1S/C13H16ClN3/c1-2-16-6-8-17(9-7-16)13-5-3-4-12(14)11(13)10-15/h3-5H,2,6-9H2,1H3. The molecule has 3 nitrogen and oxygen atoms in total. The topological polar surface area (TPSA) is 30.3 Å². The molecule has 1 aromatic carbocycles. The highest BCUT2D eigenvalue weighted by atomic mass is 35.5. The lowest BCUT2D eigenvalue weighted by atomic mass is 10.1. The molecule has 0 atom stereocenters. The van der Waals surface area contributed by atoms with E-state index in [-0.39, 0.29) is 0 Å². The van der Waals surface area contributed by atoms with Gasteiger partial charge in [-0.25, -0.2) is 0 Å². The Balaban J connectivity index is 2.19. The second kappa shape index (κ2) is 5.39. The van der Waals surface area contributed by atoms with Crippen LogP contribution in [-0.2, 0) is 0 Å². The zero-order chi connectivity index (χ0) is 12.3. The minimum atomic E-state index is 0.544. The number of rotatable bonds is 2. The number of nitrogens with zero attached hydrogens (tertiary/aromatic N) is 3. The van der Waals surface area contributed by atoms with Crippen molar-refractivity contribution in [1.29, 1.82) is 5.26 Å². The van der Waals surface area contributed by atoms with Gasteiger partial charge in [-0.15, -0.1) is 0 Å². The van der Waals surface area contributed by atoms with Crippen LogP contribution in [0.2, 0.25) is 5.02 Å². The van der Waals surface area contributed by atoms with Crippen molar-refractivity contribution in [3.63, 3.8) is 0 Å². The smallest absolute Gasteiger partial charge is 0.103 e. The number of anilines is 1. The molecule has 2 rings (SSSR count). The molecule has 0 saturated carbocycles. The van der Waals surface area contributed by atoms with Gasteiger partial charge in [0, 0.05) is 26.2 Å². The molecule has 1 heterocycles. The molecule has 1 saturated heterocycles. The first-order chi connectivity index (χ1) is 8.26. The molecular formula is C13H16ClN3. The quantitative estimate of drug-likeness (QED) is 0.806. The molecule has 1 aromatic rings. The van der Waals surface area contributed by atoms with E-state index >= 15 is 0 Å². The third-order valence-electron chi connectivity index (χ3n) is 3.26. The molecular weight excluding hydrogens is 234 g/mol. The van der Waals surface area contributed by atoms with Gasteiger partial charge in [0.05, 0.1) is 16.3 Å². The molecule has 0 radical (unpaired) electrons. The Hall–Kier alpha value is -1.24. The van der Waals surface area contributed by atoms with Gasteiger partial charge in [0.2, 0.25) is 0 Å². The fraction of sp³-hybridized carbons (Fsp3) is 0.462. The van der Waals surface area contributed by atoms with Gasteiger partial charge >= 0.3 is 0 Å². The summed E-state index contributed by atoms with van der Waals surface area (Å²) >= 11 is 6.05. The van der Waals surface area contributed by atoms with Crippen molar-refractivity contribution < 1.29 is 0 Å².